The van der Waals surface area contributed by atoms with E-state index in [1.807, 2.05) is 24.3 Å². The molecule has 10 heteroatoms. The molecule has 1 aliphatic rings. The number of rotatable bonds is 14. The summed E-state index contributed by atoms with van der Waals surface area (Å²) in [5.74, 6) is -0.758. The number of quaternary nitrogens is 2. The lowest BCUT2D eigenvalue weighted by molar-refractivity contribution is -0.869. The van der Waals surface area contributed by atoms with E-state index >= 15 is 0 Å². The molecule has 10 nitrogen and oxygen atoms in total. The van der Waals surface area contributed by atoms with Crippen LogP contribution in [0.25, 0.3) is 0 Å². The fraction of sp³-hybridized carbons (Fsp3) is 0.538. The number of nitrogens with zero attached hydrogens (tertiary/aromatic N) is 2. The summed E-state index contributed by atoms with van der Waals surface area (Å²) in [7, 11) is 12.4. The Balaban J connectivity index is 1.52. The zero-order valence-electron chi connectivity index (χ0n) is 22.2. The van der Waals surface area contributed by atoms with Crippen molar-refractivity contribution in [3.63, 3.8) is 0 Å². The van der Waals surface area contributed by atoms with E-state index in [1.165, 1.54) is 0 Å². The quantitative estimate of drug-likeness (QED) is 0.199. The van der Waals surface area contributed by atoms with Gasteiger partial charge in [-0.05, 0) is 11.1 Å². The van der Waals surface area contributed by atoms with E-state index in [1.54, 1.807) is 0 Å². The number of likely N-dealkylation sites (N-methyl/N-ethyl adjacent to an activating group) is 2. The minimum absolute atomic E-state index is 0.325. The molecule has 1 fully saturated rings. The summed E-state index contributed by atoms with van der Waals surface area (Å²) in [5, 5.41) is 12.6. The normalized spacial score (nSPS) is 18.4. The van der Waals surface area contributed by atoms with Crippen LogP contribution in [0.2, 0.25) is 0 Å². The molecule has 0 spiro atoms. The van der Waals surface area contributed by atoms with E-state index in [0.717, 1.165) is 33.2 Å². The van der Waals surface area contributed by atoms with Gasteiger partial charge in [0.2, 0.25) is 11.6 Å². The maximum atomic E-state index is 12.1. The molecule has 0 saturated heterocycles. The predicted molar refractivity (Wildman–Crippen MR) is 142 cm³/mol. The summed E-state index contributed by atoms with van der Waals surface area (Å²) < 4.78 is 1.52. The summed E-state index contributed by atoms with van der Waals surface area (Å²) in [6, 6.07) is 6.72. The zero-order valence-corrected chi connectivity index (χ0v) is 22.2. The van der Waals surface area contributed by atoms with Gasteiger partial charge in [-0.3, -0.25) is 24.5 Å². The first-order chi connectivity index (χ1) is 16.8. The number of hydrogen-bond acceptors (Lipinski definition) is 8. The van der Waals surface area contributed by atoms with Crippen molar-refractivity contribution in [3.05, 3.63) is 55.8 Å². The molecule has 2 atom stereocenters. The summed E-state index contributed by atoms with van der Waals surface area (Å²) in [5.41, 5.74) is 1.58. The fourth-order valence-electron chi connectivity index (χ4n) is 4.00. The first kappa shape index (κ1) is 27.7. The zero-order chi connectivity index (χ0) is 26.7. The van der Waals surface area contributed by atoms with Crippen LogP contribution in [-0.4, -0.2) is 101 Å². The molecule has 1 saturated carbocycles. The number of anilines is 2. The van der Waals surface area contributed by atoms with E-state index in [4.69, 9.17) is 0 Å². The molecule has 2 unspecified atom stereocenters. The van der Waals surface area contributed by atoms with E-state index in [2.05, 4.69) is 63.6 Å². The summed E-state index contributed by atoms with van der Waals surface area (Å²) in [6.45, 7) is 3.72. The molecule has 0 radical (unpaired) electrons. The smallest absolute Gasteiger partial charge is 0.253 e. The Morgan fingerprint density at radius 3 is 1.75 bits per heavy atom. The van der Waals surface area contributed by atoms with Crippen molar-refractivity contribution < 1.29 is 18.6 Å². The Kier molecular flexibility index (Phi) is 8.45. The van der Waals surface area contributed by atoms with Gasteiger partial charge in [-0.2, -0.15) is 0 Å². The first-order valence-electron chi connectivity index (χ1n) is 12.3. The van der Waals surface area contributed by atoms with Crippen LogP contribution in [0.15, 0.2) is 33.9 Å². The highest BCUT2D eigenvalue weighted by Gasteiger charge is 2.48. The lowest BCUT2D eigenvalue weighted by Gasteiger charge is -2.35. The van der Waals surface area contributed by atoms with Crippen molar-refractivity contribution in [2.24, 2.45) is 0 Å². The summed E-state index contributed by atoms with van der Waals surface area (Å²) in [4.78, 5) is 48.2. The topological polar surface area (TPSA) is 116 Å². The van der Waals surface area contributed by atoms with Crippen LogP contribution in [0, 0.1) is 0 Å². The molecular weight excluding hydrogens is 460 g/mol. The highest BCUT2D eigenvalue weighted by molar-refractivity contribution is 6.49. The minimum atomic E-state index is -0.532. The van der Waals surface area contributed by atoms with Gasteiger partial charge in [0.05, 0.1) is 74.0 Å². The minimum Gasteiger partial charge on any atom is -0.376 e. The molecule has 0 aliphatic heterocycles. The SMILES string of the molecule is C[N+](C)(C)CCNc1c(NCc2cccc(CNC3C(=O)C(=O)C3NCC[N+](C)(C)C)c2)c(=O)c1=O. The van der Waals surface area contributed by atoms with Gasteiger partial charge in [0, 0.05) is 19.6 Å². The van der Waals surface area contributed by atoms with Crippen LogP contribution in [0.4, 0.5) is 11.4 Å². The number of carbonyl (C=O) groups excluding carboxylic acids is 2. The van der Waals surface area contributed by atoms with Crippen molar-refractivity contribution in [3.8, 4) is 0 Å². The predicted octanol–water partition coefficient (Wildman–Crippen LogP) is -0.713. The Hall–Kier alpha value is -2.92. The molecule has 2 aromatic rings. The average Bonchev–Trinajstić information content (AvgIpc) is 2.80. The van der Waals surface area contributed by atoms with Crippen LogP contribution >= 0.6 is 0 Å². The second-order valence-electron chi connectivity index (χ2n) is 11.6. The number of hydrogen-bond donors (Lipinski definition) is 4. The maximum absolute atomic E-state index is 12.1. The van der Waals surface area contributed by atoms with E-state index in [0.29, 0.717) is 37.6 Å². The van der Waals surface area contributed by atoms with Crippen LogP contribution in [-0.2, 0) is 22.7 Å². The van der Waals surface area contributed by atoms with Gasteiger partial charge < -0.3 is 24.9 Å². The number of benzene rings is 1. The number of Topliss-reactive ketones (excluding diaryl/α,β-unsaturated/α-hetero) is 2. The van der Waals surface area contributed by atoms with Crippen molar-refractivity contribution in [1.29, 1.82) is 0 Å². The molecule has 0 amide bonds. The Morgan fingerprint density at radius 2 is 1.17 bits per heavy atom. The molecule has 2 aromatic carbocycles. The molecule has 1 aliphatic carbocycles. The molecule has 0 aromatic heterocycles. The van der Waals surface area contributed by atoms with E-state index in [9.17, 15) is 19.2 Å². The third-order valence-corrected chi connectivity index (χ3v) is 6.27. The lowest BCUT2D eigenvalue weighted by Crippen LogP contribution is -2.69. The van der Waals surface area contributed by atoms with Gasteiger partial charge in [0.25, 0.3) is 10.9 Å². The molecule has 0 heterocycles. The van der Waals surface area contributed by atoms with Crippen molar-refractivity contribution in [2.45, 2.75) is 25.2 Å². The lowest BCUT2D eigenvalue weighted by atomic mass is 9.83. The fourth-order valence-corrected chi connectivity index (χ4v) is 4.00. The Morgan fingerprint density at radius 1 is 0.667 bits per heavy atom. The Labute approximate surface area is 212 Å². The second kappa shape index (κ2) is 11.0. The van der Waals surface area contributed by atoms with Gasteiger partial charge in [-0.25, -0.2) is 0 Å². The van der Waals surface area contributed by atoms with Crippen molar-refractivity contribution in [2.75, 3.05) is 79.1 Å². The van der Waals surface area contributed by atoms with Gasteiger partial charge >= 0.3 is 0 Å². The van der Waals surface area contributed by atoms with Crippen LogP contribution in [0.5, 0.6) is 0 Å². The van der Waals surface area contributed by atoms with Gasteiger partial charge in [0.1, 0.15) is 11.4 Å². The third-order valence-electron chi connectivity index (χ3n) is 6.27. The van der Waals surface area contributed by atoms with Gasteiger partial charge in [-0.15, -0.1) is 0 Å². The highest BCUT2D eigenvalue weighted by Crippen LogP contribution is 2.17. The second-order valence-corrected chi connectivity index (χ2v) is 11.6. The molecule has 196 valence electrons. The highest BCUT2D eigenvalue weighted by atomic mass is 16.2. The van der Waals surface area contributed by atoms with Crippen molar-refractivity contribution in [1.82, 2.24) is 10.6 Å². The molecule has 4 N–H and O–H groups in total. The molecular formula is C26H40N6O4+2. The Bertz CT molecular complexity index is 1170. The van der Waals surface area contributed by atoms with Crippen LogP contribution < -0.4 is 32.1 Å². The summed E-state index contributed by atoms with van der Waals surface area (Å²) in [6.07, 6.45) is 0. The first-order valence-corrected chi connectivity index (χ1v) is 12.3. The average molecular weight is 501 g/mol. The third kappa shape index (κ3) is 7.07. The molecule has 36 heavy (non-hydrogen) atoms. The van der Waals surface area contributed by atoms with Gasteiger partial charge in [-0.1, -0.05) is 24.3 Å². The summed E-state index contributed by atoms with van der Waals surface area (Å²) >= 11 is 0. The van der Waals surface area contributed by atoms with E-state index in [-0.39, 0.29) is 11.6 Å². The molecule has 3 rings (SSSR count). The monoisotopic (exact) mass is 500 g/mol. The number of nitrogens with one attached hydrogen (secondary N) is 4. The number of ketones is 2. The van der Waals surface area contributed by atoms with E-state index < -0.39 is 22.9 Å². The number of carbonyl (C=O) groups is 2. The maximum Gasteiger partial charge on any atom is 0.253 e. The standard InChI is InChI=1S/C26H38N6O4/c1-31(2,3)12-10-27-19-21(25(35)23(19)33)29-15-17-8-7-9-18(14-17)16-30-22-20(24(34)26(22)36)28-11-13-32(4,5)6/h7-9,14,19,21,27,29H,10-13,15-16H2,1-6H3/p+2. The van der Waals surface area contributed by atoms with Crippen LogP contribution in [0.1, 0.15) is 11.1 Å². The van der Waals surface area contributed by atoms with Gasteiger partial charge in [0.15, 0.2) is 0 Å². The van der Waals surface area contributed by atoms with Crippen molar-refractivity contribution >= 4 is 22.9 Å². The largest absolute Gasteiger partial charge is 0.376 e. The molecule has 0 bridgehead atoms. The van der Waals surface area contributed by atoms with Crippen LogP contribution in [0.3, 0.4) is 0 Å².